The third-order valence-corrected chi connectivity index (χ3v) is 2.03. The maximum absolute atomic E-state index is 10.6. The zero-order chi connectivity index (χ0) is 11.4. The Morgan fingerprint density at radius 2 is 1.88 bits per heavy atom. The van der Waals surface area contributed by atoms with Gasteiger partial charge in [0, 0.05) is 24.3 Å². The smallest absolute Gasteiger partial charge is 0.258 e. The minimum absolute atomic E-state index is 0.0709. The van der Waals surface area contributed by atoms with Gasteiger partial charge in [0.1, 0.15) is 5.69 Å². The van der Waals surface area contributed by atoms with Crippen molar-refractivity contribution in [2.45, 2.75) is 0 Å². The molecule has 0 fully saturated rings. The van der Waals surface area contributed by atoms with E-state index in [1.807, 2.05) is 30.6 Å². The second-order valence-corrected chi connectivity index (χ2v) is 3.20. The molecule has 0 aliphatic rings. The lowest BCUT2D eigenvalue weighted by molar-refractivity contribution is -0.642. The summed E-state index contributed by atoms with van der Waals surface area (Å²) in [5, 5.41) is 10.6. The van der Waals surface area contributed by atoms with Crippen LogP contribution < -0.4 is 10.1 Å². The molecule has 5 heteroatoms. The molecule has 0 aliphatic heterocycles. The van der Waals surface area contributed by atoms with Crippen molar-refractivity contribution in [3.63, 3.8) is 0 Å². The topological polar surface area (TPSA) is 59.1 Å². The quantitative estimate of drug-likeness (QED) is 0.483. The van der Waals surface area contributed by atoms with Crippen molar-refractivity contribution in [1.82, 2.24) is 0 Å². The number of nitrogens with zero attached hydrogens (tertiary/aromatic N) is 2. The van der Waals surface area contributed by atoms with Crippen molar-refractivity contribution in [2.75, 3.05) is 5.43 Å². The van der Waals surface area contributed by atoms with E-state index in [1.165, 1.54) is 12.1 Å². The summed E-state index contributed by atoms with van der Waals surface area (Å²) in [6, 6.07) is 12.0. The van der Waals surface area contributed by atoms with Crippen LogP contribution in [0.5, 0.6) is 0 Å². The highest BCUT2D eigenvalue weighted by molar-refractivity contribution is 5.49. The summed E-state index contributed by atoms with van der Waals surface area (Å²) in [7, 11) is 0. The highest BCUT2D eigenvalue weighted by atomic mass is 16.6. The summed E-state index contributed by atoms with van der Waals surface area (Å²) in [6.07, 6.45) is 3.64. The standard InChI is InChI=1S/C11H10N3O2/c15-14(16)11-6-4-5-10(9-11)12-13-7-2-1-3-8-13/h1-9,12H/q+1. The molecule has 16 heavy (non-hydrogen) atoms. The number of hydrogen-bond acceptors (Lipinski definition) is 3. The number of benzene rings is 1. The van der Waals surface area contributed by atoms with Crippen molar-refractivity contribution in [3.05, 3.63) is 65.0 Å². The van der Waals surface area contributed by atoms with Crippen LogP contribution in [0.3, 0.4) is 0 Å². The summed E-state index contributed by atoms with van der Waals surface area (Å²) in [6.45, 7) is 0. The zero-order valence-electron chi connectivity index (χ0n) is 8.41. The maximum atomic E-state index is 10.6. The van der Waals surface area contributed by atoms with E-state index in [2.05, 4.69) is 5.43 Å². The van der Waals surface area contributed by atoms with Crippen molar-refractivity contribution < 1.29 is 9.60 Å². The van der Waals surface area contributed by atoms with Gasteiger partial charge in [0.25, 0.3) is 5.69 Å². The van der Waals surface area contributed by atoms with Crippen molar-refractivity contribution in [2.24, 2.45) is 0 Å². The van der Waals surface area contributed by atoms with Crippen LogP contribution in [0.4, 0.5) is 11.4 Å². The van der Waals surface area contributed by atoms with Gasteiger partial charge in [-0.3, -0.25) is 10.1 Å². The Morgan fingerprint density at radius 1 is 1.12 bits per heavy atom. The third-order valence-electron chi connectivity index (χ3n) is 2.03. The second kappa shape index (κ2) is 4.39. The van der Waals surface area contributed by atoms with E-state index in [1.54, 1.807) is 16.8 Å². The first-order chi connectivity index (χ1) is 7.75. The van der Waals surface area contributed by atoms with Gasteiger partial charge >= 0.3 is 0 Å². The SMILES string of the molecule is O=[N+]([O-])c1cccc(N[n+]2ccccc2)c1. The van der Waals surface area contributed by atoms with Crippen LogP contribution >= 0.6 is 0 Å². The molecular weight excluding hydrogens is 206 g/mol. The Morgan fingerprint density at radius 3 is 2.56 bits per heavy atom. The molecular formula is C11H10N3O2+. The van der Waals surface area contributed by atoms with Crippen LogP contribution in [0, 0.1) is 10.1 Å². The summed E-state index contributed by atoms with van der Waals surface area (Å²) in [4.78, 5) is 10.2. The largest absolute Gasteiger partial charge is 0.271 e. The Balaban J connectivity index is 2.22. The van der Waals surface area contributed by atoms with Crippen molar-refractivity contribution >= 4 is 11.4 Å². The number of nitrogens with one attached hydrogen (secondary N) is 1. The summed E-state index contributed by atoms with van der Waals surface area (Å²) < 4.78 is 1.72. The lowest BCUT2D eigenvalue weighted by atomic mass is 10.3. The number of hydrogen-bond donors (Lipinski definition) is 1. The first-order valence-electron chi connectivity index (χ1n) is 4.73. The first kappa shape index (κ1) is 10.1. The normalized spacial score (nSPS) is 9.75. The molecule has 0 saturated carbocycles. The van der Waals surface area contributed by atoms with Gasteiger partial charge in [-0.05, 0) is 6.07 Å². The predicted octanol–water partition coefficient (Wildman–Crippen LogP) is 1.76. The fraction of sp³-hybridized carbons (Fsp3) is 0. The fourth-order valence-corrected chi connectivity index (χ4v) is 1.31. The van der Waals surface area contributed by atoms with E-state index in [9.17, 15) is 10.1 Å². The number of nitro groups is 1. The van der Waals surface area contributed by atoms with E-state index >= 15 is 0 Å². The van der Waals surface area contributed by atoms with E-state index < -0.39 is 4.92 Å². The van der Waals surface area contributed by atoms with E-state index in [-0.39, 0.29) is 5.69 Å². The molecule has 0 saturated heterocycles. The van der Waals surface area contributed by atoms with Crippen LogP contribution in [0.1, 0.15) is 0 Å². The third kappa shape index (κ3) is 2.33. The molecule has 80 valence electrons. The molecule has 1 N–H and O–H groups in total. The minimum atomic E-state index is -0.416. The highest BCUT2D eigenvalue weighted by Gasteiger charge is 2.07. The van der Waals surface area contributed by atoms with Gasteiger partial charge in [0.05, 0.1) is 4.92 Å². The monoisotopic (exact) mass is 216 g/mol. The minimum Gasteiger partial charge on any atom is -0.258 e. The molecule has 0 unspecified atom stereocenters. The van der Waals surface area contributed by atoms with Crippen LogP contribution in [0.25, 0.3) is 0 Å². The maximum Gasteiger partial charge on any atom is 0.271 e. The summed E-state index contributed by atoms with van der Waals surface area (Å²) >= 11 is 0. The van der Waals surface area contributed by atoms with Gasteiger partial charge in [0.15, 0.2) is 12.4 Å². The van der Waals surface area contributed by atoms with Crippen LogP contribution in [0.2, 0.25) is 0 Å². The molecule has 0 radical (unpaired) electrons. The van der Waals surface area contributed by atoms with Gasteiger partial charge in [-0.15, -0.1) is 0 Å². The lowest BCUT2D eigenvalue weighted by Gasteiger charge is -1.99. The van der Waals surface area contributed by atoms with Crippen LogP contribution in [-0.2, 0) is 0 Å². The van der Waals surface area contributed by atoms with Gasteiger partial charge in [-0.2, -0.15) is 5.43 Å². The molecule has 0 spiro atoms. The molecule has 0 amide bonds. The molecule has 0 aliphatic carbocycles. The number of anilines is 1. The molecule has 1 aromatic carbocycles. The van der Waals surface area contributed by atoms with E-state index in [0.717, 1.165) is 0 Å². The summed E-state index contributed by atoms with van der Waals surface area (Å²) in [5.74, 6) is 0. The fourth-order valence-electron chi connectivity index (χ4n) is 1.31. The van der Waals surface area contributed by atoms with Gasteiger partial charge in [-0.1, -0.05) is 16.8 Å². The number of pyridine rings is 1. The number of non-ortho nitro benzene ring substituents is 1. The lowest BCUT2D eigenvalue weighted by Crippen LogP contribution is -2.41. The van der Waals surface area contributed by atoms with Gasteiger partial charge < -0.3 is 0 Å². The Hall–Kier alpha value is -2.43. The van der Waals surface area contributed by atoms with Crippen LogP contribution in [-0.4, -0.2) is 4.92 Å². The Labute approximate surface area is 92.1 Å². The van der Waals surface area contributed by atoms with Gasteiger partial charge in [-0.25, -0.2) is 0 Å². The average Bonchev–Trinajstić information content (AvgIpc) is 2.30. The van der Waals surface area contributed by atoms with Crippen LogP contribution in [0.15, 0.2) is 54.9 Å². The molecule has 1 aromatic heterocycles. The van der Waals surface area contributed by atoms with Crippen molar-refractivity contribution in [1.29, 1.82) is 0 Å². The highest BCUT2D eigenvalue weighted by Crippen LogP contribution is 2.15. The molecule has 2 aromatic rings. The van der Waals surface area contributed by atoms with E-state index in [0.29, 0.717) is 5.69 Å². The number of aromatic nitrogens is 1. The number of rotatable bonds is 3. The van der Waals surface area contributed by atoms with E-state index in [4.69, 9.17) is 0 Å². The molecule has 2 rings (SSSR count). The Bertz CT molecular complexity index is 500. The zero-order valence-corrected chi connectivity index (χ0v) is 8.41. The predicted molar refractivity (Wildman–Crippen MR) is 58.8 cm³/mol. The molecule has 1 heterocycles. The molecule has 5 nitrogen and oxygen atoms in total. The molecule has 0 atom stereocenters. The van der Waals surface area contributed by atoms with Crippen molar-refractivity contribution in [3.8, 4) is 0 Å². The summed E-state index contributed by atoms with van der Waals surface area (Å²) in [5.41, 5.74) is 3.75. The Kier molecular flexibility index (Phi) is 2.77. The first-order valence-corrected chi connectivity index (χ1v) is 4.73. The molecule has 0 bridgehead atoms. The van der Waals surface area contributed by atoms with Gasteiger partial charge in [0.2, 0.25) is 0 Å². The number of nitro benzene ring substituents is 1. The second-order valence-electron chi connectivity index (χ2n) is 3.20. The average molecular weight is 216 g/mol.